The predicted molar refractivity (Wildman–Crippen MR) is 114 cm³/mol. The molecule has 136 valence electrons. The number of anilines is 3. The summed E-state index contributed by atoms with van der Waals surface area (Å²) in [7, 11) is 0. The highest BCUT2D eigenvalue weighted by Crippen LogP contribution is 2.36. The van der Waals surface area contributed by atoms with E-state index in [0.29, 0.717) is 11.1 Å². The number of hydrogen-bond acceptors (Lipinski definition) is 4. The van der Waals surface area contributed by atoms with Crippen molar-refractivity contribution in [1.29, 1.82) is 10.5 Å². The first-order chi connectivity index (χ1) is 14.3. The molecule has 29 heavy (non-hydrogen) atoms. The minimum Gasteiger partial charge on any atom is -0.310 e. The summed E-state index contributed by atoms with van der Waals surface area (Å²) in [4.78, 5) is 6.54. The average Bonchev–Trinajstić information content (AvgIpc) is 2.81. The third kappa shape index (κ3) is 3.83. The van der Waals surface area contributed by atoms with Crippen LogP contribution in [0.4, 0.5) is 17.1 Å². The number of rotatable bonds is 4. The fourth-order valence-corrected chi connectivity index (χ4v) is 3.16. The van der Waals surface area contributed by atoms with Gasteiger partial charge in [-0.2, -0.15) is 10.5 Å². The number of benzene rings is 3. The van der Waals surface area contributed by atoms with Crippen LogP contribution in [0.5, 0.6) is 0 Å². The van der Waals surface area contributed by atoms with Gasteiger partial charge in [0.2, 0.25) is 0 Å². The molecule has 0 aliphatic heterocycles. The van der Waals surface area contributed by atoms with E-state index >= 15 is 0 Å². The van der Waals surface area contributed by atoms with Crippen LogP contribution in [-0.2, 0) is 0 Å². The van der Waals surface area contributed by atoms with Gasteiger partial charge in [-0.05, 0) is 72.8 Å². The van der Waals surface area contributed by atoms with E-state index in [2.05, 4.69) is 28.1 Å². The largest absolute Gasteiger partial charge is 0.310 e. The van der Waals surface area contributed by atoms with E-state index in [-0.39, 0.29) is 0 Å². The Kier molecular flexibility index (Phi) is 5.01. The summed E-state index contributed by atoms with van der Waals surface area (Å²) in [6, 6.07) is 33.2. The van der Waals surface area contributed by atoms with Gasteiger partial charge in [0.15, 0.2) is 0 Å². The third-order valence-corrected chi connectivity index (χ3v) is 4.57. The highest BCUT2D eigenvalue weighted by molar-refractivity contribution is 5.79. The molecule has 3 aromatic carbocycles. The first kappa shape index (κ1) is 18.0. The summed E-state index contributed by atoms with van der Waals surface area (Å²) in [5.74, 6) is 0. The van der Waals surface area contributed by atoms with E-state index in [1.54, 1.807) is 30.5 Å². The van der Waals surface area contributed by atoms with Crippen molar-refractivity contribution in [2.45, 2.75) is 0 Å². The van der Waals surface area contributed by atoms with Crippen LogP contribution in [-0.4, -0.2) is 4.98 Å². The molecule has 0 N–H and O–H groups in total. The van der Waals surface area contributed by atoms with Crippen LogP contribution in [0.25, 0.3) is 11.3 Å². The van der Waals surface area contributed by atoms with Gasteiger partial charge in [0, 0.05) is 28.8 Å². The molecule has 4 nitrogen and oxygen atoms in total. The molecule has 4 heteroatoms. The first-order valence-electron chi connectivity index (χ1n) is 9.10. The summed E-state index contributed by atoms with van der Waals surface area (Å²) in [5.41, 5.74) is 5.93. The summed E-state index contributed by atoms with van der Waals surface area (Å²) in [5, 5.41) is 18.2. The van der Waals surface area contributed by atoms with Gasteiger partial charge in [0.05, 0.1) is 29.0 Å². The van der Waals surface area contributed by atoms with Gasteiger partial charge in [0.25, 0.3) is 0 Å². The molecule has 0 aliphatic carbocycles. The predicted octanol–water partition coefficient (Wildman–Crippen LogP) is 5.96. The third-order valence-electron chi connectivity index (χ3n) is 4.57. The molecule has 0 radical (unpaired) electrons. The van der Waals surface area contributed by atoms with E-state index in [9.17, 15) is 0 Å². The number of aromatic nitrogens is 1. The Morgan fingerprint density at radius 3 is 1.76 bits per heavy atom. The molecule has 0 spiro atoms. The van der Waals surface area contributed by atoms with Gasteiger partial charge in [-0.3, -0.25) is 4.98 Å². The van der Waals surface area contributed by atoms with Crippen molar-refractivity contribution in [3.63, 3.8) is 0 Å². The molecule has 4 rings (SSSR count). The smallest absolute Gasteiger partial charge is 0.0991 e. The van der Waals surface area contributed by atoms with Gasteiger partial charge >= 0.3 is 0 Å². The summed E-state index contributed by atoms with van der Waals surface area (Å²) >= 11 is 0. The lowest BCUT2D eigenvalue weighted by Gasteiger charge is -2.26. The lowest BCUT2D eigenvalue weighted by atomic mass is 10.1. The zero-order chi connectivity index (χ0) is 20.1. The van der Waals surface area contributed by atoms with Crippen molar-refractivity contribution >= 4 is 17.1 Å². The van der Waals surface area contributed by atoms with Gasteiger partial charge in [-0.1, -0.05) is 18.2 Å². The van der Waals surface area contributed by atoms with Crippen LogP contribution in [0.15, 0.2) is 97.2 Å². The van der Waals surface area contributed by atoms with Crippen molar-refractivity contribution in [3.8, 4) is 23.4 Å². The van der Waals surface area contributed by atoms with E-state index in [4.69, 9.17) is 10.5 Å². The Hall–Kier alpha value is -4.41. The van der Waals surface area contributed by atoms with Crippen molar-refractivity contribution in [1.82, 2.24) is 4.98 Å². The molecule has 0 saturated carbocycles. The molecule has 0 saturated heterocycles. The fourth-order valence-electron chi connectivity index (χ4n) is 3.16. The second-order valence-corrected chi connectivity index (χ2v) is 6.42. The first-order valence-corrected chi connectivity index (χ1v) is 9.10. The second kappa shape index (κ2) is 8.08. The topological polar surface area (TPSA) is 63.7 Å². The number of pyridine rings is 1. The Bertz CT molecular complexity index is 1140. The minimum absolute atomic E-state index is 0.607. The molecule has 1 heterocycles. The normalized spacial score (nSPS) is 10.0. The Morgan fingerprint density at radius 2 is 1.24 bits per heavy atom. The van der Waals surface area contributed by atoms with Gasteiger partial charge < -0.3 is 4.90 Å². The zero-order valence-electron chi connectivity index (χ0n) is 15.5. The molecule has 0 fully saturated rings. The molecular weight excluding hydrogens is 356 g/mol. The maximum atomic E-state index is 9.12. The number of nitriles is 2. The van der Waals surface area contributed by atoms with E-state index < -0.39 is 0 Å². The lowest BCUT2D eigenvalue weighted by Crippen LogP contribution is -2.10. The Balaban J connectivity index is 1.83. The molecule has 0 unspecified atom stereocenters. The maximum absolute atomic E-state index is 9.12. The van der Waals surface area contributed by atoms with Crippen molar-refractivity contribution in [2.75, 3.05) is 4.90 Å². The van der Waals surface area contributed by atoms with Crippen molar-refractivity contribution in [2.24, 2.45) is 0 Å². The second-order valence-electron chi connectivity index (χ2n) is 6.42. The molecule has 0 aliphatic rings. The van der Waals surface area contributed by atoms with E-state index in [1.165, 1.54) is 0 Å². The SMILES string of the molecule is N#Cc1ccc(N(c2ccc(C#N)cc2)c2cccc(-c3ccccn3)c2)cc1. The molecule has 4 aromatic rings. The maximum Gasteiger partial charge on any atom is 0.0991 e. The van der Waals surface area contributed by atoms with Gasteiger partial charge in [-0.15, -0.1) is 0 Å². The van der Waals surface area contributed by atoms with Crippen LogP contribution in [0.2, 0.25) is 0 Å². The summed E-state index contributed by atoms with van der Waals surface area (Å²) < 4.78 is 0. The quantitative estimate of drug-likeness (QED) is 0.443. The summed E-state index contributed by atoms with van der Waals surface area (Å²) in [6.07, 6.45) is 1.78. The zero-order valence-corrected chi connectivity index (χ0v) is 15.5. The van der Waals surface area contributed by atoms with Gasteiger partial charge in [-0.25, -0.2) is 0 Å². The standard InChI is InChI=1S/C25H16N4/c26-17-19-7-11-22(12-8-19)29(23-13-9-20(18-27)10-14-23)24-5-3-4-21(16-24)25-6-1-2-15-28-25/h1-16H. The van der Waals surface area contributed by atoms with E-state index in [0.717, 1.165) is 28.3 Å². The highest BCUT2D eigenvalue weighted by Gasteiger charge is 2.13. The van der Waals surface area contributed by atoms with Crippen LogP contribution in [0.3, 0.4) is 0 Å². The van der Waals surface area contributed by atoms with Crippen LogP contribution >= 0.6 is 0 Å². The molecular formula is C25H16N4. The molecule has 1 aromatic heterocycles. The average molecular weight is 372 g/mol. The Morgan fingerprint density at radius 1 is 0.621 bits per heavy atom. The van der Waals surface area contributed by atoms with E-state index in [1.807, 2.05) is 60.7 Å². The monoisotopic (exact) mass is 372 g/mol. The van der Waals surface area contributed by atoms with Crippen LogP contribution < -0.4 is 4.90 Å². The number of nitrogens with zero attached hydrogens (tertiary/aromatic N) is 4. The summed E-state index contributed by atoms with van der Waals surface area (Å²) in [6.45, 7) is 0. The van der Waals surface area contributed by atoms with Gasteiger partial charge in [0.1, 0.15) is 0 Å². The number of hydrogen-bond donors (Lipinski definition) is 0. The van der Waals surface area contributed by atoms with Crippen LogP contribution in [0.1, 0.15) is 11.1 Å². The molecule has 0 amide bonds. The van der Waals surface area contributed by atoms with Crippen molar-refractivity contribution in [3.05, 3.63) is 108 Å². The molecule has 0 atom stereocenters. The Labute approximate surface area is 169 Å². The fraction of sp³-hybridized carbons (Fsp3) is 0. The minimum atomic E-state index is 0.607. The lowest BCUT2D eigenvalue weighted by molar-refractivity contribution is 1.27. The highest BCUT2D eigenvalue weighted by atomic mass is 15.1. The molecule has 0 bridgehead atoms. The van der Waals surface area contributed by atoms with Crippen molar-refractivity contribution < 1.29 is 0 Å². The van der Waals surface area contributed by atoms with Crippen LogP contribution in [0, 0.1) is 22.7 Å².